The van der Waals surface area contributed by atoms with Crippen molar-refractivity contribution in [1.82, 2.24) is 9.29 Å². The van der Waals surface area contributed by atoms with E-state index in [1.807, 2.05) is 0 Å². The first kappa shape index (κ1) is 23.9. The number of sulfonamides is 1. The van der Waals surface area contributed by atoms with Crippen LogP contribution in [-0.2, 0) is 29.3 Å². The van der Waals surface area contributed by atoms with E-state index in [4.69, 9.17) is 9.47 Å². The standard InChI is InChI=1S/C25H19F3N2O5S/c26-25(27,28)19-7-4-8-20(11-19)36(32,33)30(13-16-5-2-1-3-6-16)14-18-9-17-10-22-23(35-15-34-22)12-21(17)29-24(18)31/h1-12H,13-15H2,(H,29,31). The zero-order chi connectivity index (χ0) is 25.5. The molecule has 0 saturated carbocycles. The molecule has 0 saturated heterocycles. The number of halogens is 3. The monoisotopic (exact) mass is 516 g/mol. The lowest BCUT2D eigenvalue weighted by Crippen LogP contribution is -2.32. The average molecular weight is 516 g/mol. The lowest BCUT2D eigenvalue weighted by Gasteiger charge is -2.23. The van der Waals surface area contributed by atoms with E-state index in [1.54, 1.807) is 42.5 Å². The van der Waals surface area contributed by atoms with Crippen LogP contribution >= 0.6 is 0 Å². The highest BCUT2D eigenvalue weighted by Crippen LogP contribution is 2.35. The number of nitrogens with one attached hydrogen (secondary N) is 1. The van der Waals surface area contributed by atoms with E-state index >= 15 is 0 Å². The predicted molar refractivity (Wildman–Crippen MR) is 125 cm³/mol. The van der Waals surface area contributed by atoms with Crippen LogP contribution in [0.1, 0.15) is 16.7 Å². The first-order valence-corrected chi connectivity index (χ1v) is 12.2. The molecule has 1 aliphatic heterocycles. The highest BCUT2D eigenvalue weighted by Gasteiger charge is 2.33. The van der Waals surface area contributed by atoms with Gasteiger partial charge in [-0.25, -0.2) is 8.42 Å². The van der Waals surface area contributed by atoms with E-state index in [0.717, 1.165) is 22.5 Å². The van der Waals surface area contributed by atoms with Crippen molar-refractivity contribution in [2.24, 2.45) is 0 Å². The quantitative estimate of drug-likeness (QED) is 0.403. The van der Waals surface area contributed by atoms with Crippen LogP contribution in [0.5, 0.6) is 11.5 Å². The Morgan fingerprint density at radius 3 is 2.33 bits per heavy atom. The SMILES string of the molecule is O=c1[nH]c2cc3c(cc2cc1CN(Cc1ccccc1)S(=O)(=O)c1cccc(C(F)(F)F)c1)OCO3. The third kappa shape index (κ3) is 4.67. The van der Waals surface area contributed by atoms with Crippen molar-refractivity contribution < 1.29 is 31.1 Å². The summed E-state index contributed by atoms with van der Waals surface area (Å²) in [5.41, 5.74) is -0.411. The Labute approximate surface area is 203 Å². The van der Waals surface area contributed by atoms with Gasteiger partial charge in [0, 0.05) is 30.1 Å². The van der Waals surface area contributed by atoms with Gasteiger partial charge in [0.2, 0.25) is 16.8 Å². The van der Waals surface area contributed by atoms with Gasteiger partial charge in [0.15, 0.2) is 11.5 Å². The van der Waals surface area contributed by atoms with Crippen LogP contribution in [0.4, 0.5) is 13.2 Å². The molecule has 0 fully saturated rings. The third-order valence-electron chi connectivity index (χ3n) is 5.76. The molecule has 186 valence electrons. The normalized spacial score (nSPS) is 13.4. The zero-order valence-electron chi connectivity index (χ0n) is 18.6. The molecule has 4 aromatic rings. The number of pyridine rings is 1. The molecule has 1 aromatic heterocycles. The van der Waals surface area contributed by atoms with Gasteiger partial charge < -0.3 is 14.5 Å². The number of aromatic nitrogens is 1. The Balaban J connectivity index is 1.57. The Kier molecular flexibility index (Phi) is 5.97. The smallest absolute Gasteiger partial charge is 0.416 e. The Hall–Kier alpha value is -3.83. The van der Waals surface area contributed by atoms with E-state index in [-0.39, 0.29) is 25.4 Å². The number of hydrogen-bond donors (Lipinski definition) is 1. The molecular formula is C25H19F3N2O5S. The van der Waals surface area contributed by atoms with Gasteiger partial charge in [-0.1, -0.05) is 36.4 Å². The minimum Gasteiger partial charge on any atom is -0.454 e. The van der Waals surface area contributed by atoms with E-state index in [1.165, 1.54) is 6.07 Å². The minimum absolute atomic E-state index is 0.0445. The van der Waals surface area contributed by atoms with Gasteiger partial charge in [-0.2, -0.15) is 17.5 Å². The van der Waals surface area contributed by atoms with Crippen LogP contribution in [-0.4, -0.2) is 24.5 Å². The summed E-state index contributed by atoms with van der Waals surface area (Å²) >= 11 is 0. The summed E-state index contributed by atoms with van der Waals surface area (Å²) in [5, 5.41) is 0.588. The molecule has 2 heterocycles. The van der Waals surface area contributed by atoms with Crippen molar-refractivity contribution in [3.05, 3.63) is 99.8 Å². The average Bonchev–Trinajstić information content (AvgIpc) is 3.30. The van der Waals surface area contributed by atoms with Gasteiger partial charge in [-0.3, -0.25) is 4.79 Å². The summed E-state index contributed by atoms with van der Waals surface area (Å²) in [6, 6.07) is 17.0. The van der Waals surface area contributed by atoms with Gasteiger partial charge >= 0.3 is 6.18 Å². The lowest BCUT2D eigenvalue weighted by atomic mass is 10.1. The molecule has 1 aliphatic rings. The number of H-pyrrole nitrogens is 1. The number of benzene rings is 3. The van der Waals surface area contributed by atoms with Crippen molar-refractivity contribution >= 4 is 20.9 Å². The van der Waals surface area contributed by atoms with Gasteiger partial charge in [0.25, 0.3) is 5.56 Å². The molecule has 0 amide bonds. The highest BCUT2D eigenvalue weighted by molar-refractivity contribution is 7.89. The Morgan fingerprint density at radius 2 is 1.61 bits per heavy atom. The molecule has 7 nitrogen and oxygen atoms in total. The summed E-state index contributed by atoms with van der Waals surface area (Å²) in [7, 11) is -4.42. The molecule has 1 N–H and O–H groups in total. The Morgan fingerprint density at radius 1 is 0.889 bits per heavy atom. The number of aromatic amines is 1. The second kappa shape index (κ2) is 8.99. The van der Waals surface area contributed by atoms with Crippen molar-refractivity contribution in [3.8, 4) is 11.5 Å². The maximum Gasteiger partial charge on any atom is 0.416 e. The van der Waals surface area contributed by atoms with Crippen LogP contribution < -0.4 is 15.0 Å². The van der Waals surface area contributed by atoms with Gasteiger partial charge in [-0.15, -0.1) is 0 Å². The second-order valence-electron chi connectivity index (χ2n) is 8.20. The molecule has 0 bridgehead atoms. The number of alkyl halides is 3. The molecule has 0 unspecified atom stereocenters. The van der Waals surface area contributed by atoms with Crippen LogP contribution in [0.25, 0.3) is 10.9 Å². The van der Waals surface area contributed by atoms with Crippen LogP contribution in [0, 0.1) is 0 Å². The Bertz CT molecular complexity index is 1600. The summed E-state index contributed by atoms with van der Waals surface area (Å²) in [6.07, 6.45) is -4.71. The summed E-state index contributed by atoms with van der Waals surface area (Å²) < 4.78 is 78.6. The van der Waals surface area contributed by atoms with Crippen molar-refractivity contribution in [2.75, 3.05) is 6.79 Å². The fraction of sp³-hybridized carbons (Fsp3) is 0.160. The molecule has 3 aromatic carbocycles. The van der Waals surface area contributed by atoms with E-state index < -0.39 is 32.2 Å². The molecular weight excluding hydrogens is 497 g/mol. The number of nitrogens with zero attached hydrogens (tertiary/aromatic N) is 1. The maximum absolute atomic E-state index is 13.6. The van der Waals surface area contributed by atoms with Crippen molar-refractivity contribution in [1.29, 1.82) is 0 Å². The number of hydrogen-bond acceptors (Lipinski definition) is 5. The first-order chi connectivity index (χ1) is 17.1. The number of fused-ring (bicyclic) bond motifs is 2. The van der Waals surface area contributed by atoms with Gasteiger partial charge in [-0.05, 0) is 35.9 Å². The van der Waals surface area contributed by atoms with Crippen LogP contribution in [0.15, 0.2) is 82.5 Å². The molecule has 36 heavy (non-hydrogen) atoms. The van der Waals surface area contributed by atoms with Crippen molar-refractivity contribution in [3.63, 3.8) is 0 Å². The largest absolute Gasteiger partial charge is 0.454 e. The number of rotatable bonds is 6. The number of ether oxygens (including phenoxy) is 2. The van der Waals surface area contributed by atoms with Gasteiger partial charge in [0.05, 0.1) is 16.0 Å². The molecule has 0 atom stereocenters. The summed E-state index contributed by atoms with van der Waals surface area (Å²) in [6.45, 7) is -0.478. The molecule has 5 rings (SSSR count). The van der Waals surface area contributed by atoms with Crippen LogP contribution in [0.3, 0.4) is 0 Å². The second-order valence-corrected chi connectivity index (χ2v) is 10.1. The highest BCUT2D eigenvalue weighted by atomic mass is 32.2. The molecule has 0 spiro atoms. The van der Waals surface area contributed by atoms with Crippen LogP contribution in [0.2, 0.25) is 0 Å². The topological polar surface area (TPSA) is 88.7 Å². The molecule has 11 heteroatoms. The molecule has 0 aliphatic carbocycles. The van der Waals surface area contributed by atoms with E-state index in [2.05, 4.69) is 4.98 Å². The predicted octanol–water partition coefficient (Wildman–Crippen LogP) is 4.67. The summed E-state index contributed by atoms with van der Waals surface area (Å²) in [4.78, 5) is 15.1. The molecule has 0 radical (unpaired) electrons. The minimum atomic E-state index is -4.71. The summed E-state index contributed by atoms with van der Waals surface area (Å²) in [5.74, 6) is 0.960. The first-order valence-electron chi connectivity index (χ1n) is 10.8. The fourth-order valence-corrected chi connectivity index (χ4v) is 5.40. The van der Waals surface area contributed by atoms with E-state index in [9.17, 15) is 26.4 Å². The van der Waals surface area contributed by atoms with E-state index in [0.29, 0.717) is 34.0 Å². The van der Waals surface area contributed by atoms with Crippen molar-refractivity contribution in [2.45, 2.75) is 24.2 Å². The third-order valence-corrected chi connectivity index (χ3v) is 7.55. The van der Waals surface area contributed by atoms with Gasteiger partial charge in [0.1, 0.15) is 0 Å². The maximum atomic E-state index is 13.6. The zero-order valence-corrected chi connectivity index (χ0v) is 19.4. The lowest BCUT2D eigenvalue weighted by molar-refractivity contribution is -0.137. The fourth-order valence-electron chi connectivity index (χ4n) is 3.94.